The lowest BCUT2D eigenvalue weighted by atomic mass is 10.1. The van der Waals surface area contributed by atoms with Gasteiger partial charge in [-0.05, 0) is 18.1 Å². The van der Waals surface area contributed by atoms with Crippen molar-refractivity contribution in [1.82, 2.24) is 0 Å². The first kappa shape index (κ1) is 16.8. The lowest BCUT2D eigenvalue weighted by molar-refractivity contribution is -0.137. The number of hydrogen-bond acceptors (Lipinski definition) is 2. The molecule has 2 nitrogen and oxygen atoms in total. The maximum Gasteiger partial charge on any atom is 0.316 e. The van der Waals surface area contributed by atoms with Crippen molar-refractivity contribution in [2.75, 3.05) is 5.75 Å². The Balaban J connectivity index is 3.40. The van der Waals surface area contributed by atoms with Crippen molar-refractivity contribution in [2.24, 2.45) is 5.92 Å². The number of carboxylic acids is 1. The summed E-state index contributed by atoms with van der Waals surface area (Å²) in [5, 5.41) is 8.80. The summed E-state index contributed by atoms with van der Waals surface area (Å²) in [6.07, 6.45) is 9.06. The molecule has 0 fully saturated rings. The molecular formula is C14H28O2S. The summed E-state index contributed by atoms with van der Waals surface area (Å²) >= 11 is 1.61. The Hall–Kier alpha value is -0.180. The van der Waals surface area contributed by atoms with E-state index in [-0.39, 0.29) is 11.2 Å². The highest BCUT2D eigenvalue weighted by atomic mass is 32.2. The number of unbranched alkanes of at least 4 members (excludes halogenated alkanes) is 6. The second-order valence-corrected chi connectivity index (χ2v) is 6.24. The molecule has 0 spiro atoms. The smallest absolute Gasteiger partial charge is 0.316 e. The van der Waals surface area contributed by atoms with Gasteiger partial charge in [0.2, 0.25) is 0 Å². The van der Waals surface area contributed by atoms with E-state index in [2.05, 4.69) is 6.92 Å². The van der Waals surface area contributed by atoms with Gasteiger partial charge < -0.3 is 5.11 Å². The van der Waals surface area contributed by atoms with E-state index < -0.39 is 5.97 Å². The molecule has 102 valence electrons. The molecule has 1 atom stereocenters. The predicted molar refractivity (Wildman–Crippen MR) is 76.7 cm³/mol. The van der Waals surface area contributed by atoms with Crippen molar-refractivity contribution in [1.29, 1.82) is 0 Å². The van der Waals surface area contributed by atoms with E-state index in [1.807, 2.05) is 13.8 Å². The molecule has 0 saturated heterocycles. The van der Waals surface area contributed by atoms with Crippen LogP contribution in [0.4, 0.5) is 0 Å². The van der Waals surface area contributed by atoms with Crippen molar-refractivity contribution in [3.8, 4) is 0 Å². The highest BCUT2D eigenvalue weighted by Crippen LogP contribution is 2.21. The zero-order chi connectivity index (χ0) is 13.1. The van der Waals surface area contributed by atoms with Gasteiger partial charge in [0.05, 0.1) is 0 Å². The third kappa shape index (κ3) is 9.51. The average molecular weight is 260 g/mol. The Labute approximate surface area is 111 Å². The van der Waals surface area contributed by atoms with Crippen molar-refractivity contribution < 1.29 is 9.90 Å². The summed E-state index contributed by atoms with van der Waals surface area (Å²) in [5.74, 6) is 0.554. The van der Waals surface area contributed by atoms with Crippen molar-refractivity contribution >= 4 is 17.7 Å². The summed E-state index contributed by atoms with van der Waals surface area (Å²) < 4.78 is 0. The lowest BCUT2D eigenvalue weighted by Gasteiger charge is -2.15. The van der Waals surface area contributed by atoms with Crippen LogP contribution in [-0.4, -0.2) is 22.1 Å². The van der Waals surface area contributed by atoms with Crippen LogP contribution in [0.3, 0.4) is 0 Å². The average Bonchev–Trinajstić information content (AvgIpc) is 2.26. The van der Waals surface area contributed by atoms with E-state index in [1.54, 1.807) is 11.8 Å². The van der Waals surface area contributed by atoms with Gasteiger partial charge in [0, 0.05) is 0 Å². The molecular weight excluding hydrogens is 232 g/mol. The van der Waals surface area contributed by atoms with E-state index in [1.165, 1.54) is 38.5 Å². The molecule has 0 bridgehead atoms. The van der Waals surface area contributed by atoms with Crippen molar-refractivity contribution in [3.05, 3.63) is 0 Å². The standard InChI is InChI=1S/C14H28O2S/c1-4-5-6-7-8-9-10-11-17-13(12(2)3)14(15)16/h12-13H,4-11H2,1-3H3,(H,15,16). The second-order valence-electron chi connectivity index (χ2n) is 4.99. The number of aliphatic carboxylic acids is 1. The number of hydrogen-bond donors (Lipinski definition) is 1. The van der Waals surface area contributed by atoms with Gasteiger partial charge in [-0.25, -0.2) is 0 Å². The number of carbonyl (C=O) groups is 1. The van der Waals surface area contributed by atoms with Crippen LogP contribution < -0.4 is 0 Å². The molecule has 1 unspecified atom stereocenters. The van der Waals surface area contributed by atoms with Gasteiger partial charge in [-0.3, -0.25) is 4.79 Å². The first-order valence-corrected chi connectivity index (χ1v) is 7.98. The van der Waals surface area contributed by atoms with E-state index in [4.69, 9.17) is 5.11 Å². The molecule has 0 radical (unpaired) electrons. The van der Waals surface area contributed by atoms with Crippen LogP contribution in [0.2, 0.25) is 0 Å². The monoisotopic (exact) mass is 260 g/mol. The molecule has 0 amide bonds. The fourth-order valence-corrected chi connectivity index (χ4v) is 2.97. The maximum absolute atomic E-state index is 11.0. The zero-order valence-corrected chi connectivity index (χ0v) is 12.4. The van der Waals surface area contributed by atoms with Crippen LogP contribution in [0.1, 0.15) is 65.7 Å². The minimum atomic E-state index is -0.659. The van der Waals surface area contributed by atoms with Crippen LogP contribution in [-0.2, 0) is 4.79 Å². The highest BCUT2D eigenvalue weighted by Gasteiger charge is 2.21. The van der Waals surface area contributed by atoms with E-state index in [0.29, 0.717) is 0 Å². The molecule has 0 aliphatic heterocycles. The van der Waals surface area contributed by atoms with E-state index in [0.717, 1.165) is 12.2 Å². The minimum absolute atomic E-state index is 0.224. The third-order valence-corrected chi connectivity index (χ3v) is 4.52. The Morgan fingerprint density at radius 3 is 2.06 bits per heavy atom. The summed E-state index contributed by atoms with van der Waals surface area (Å²) in [4.78, 5) is 11.0. The molecule has 0 aromatic rings. The maximum atomic E-state index is 11.0. The van der Waals surface area contributed by atoms with Gasteiger partial charge in [0.15, 0.2) is 0 Å². The largest absolute Gasteiger partial charge is 0.480 e. The Bertz CT molecular complexity index is 193. The van der Waals surface area contributed by atoms with Crippen molar-refractivity contribution in [2.45, 2.75) is 71.0 Å². The quantitative estimate of drug-likeness (QED) is 0.552. The molecule has 17 heavy (non-hydrogen) atoms. The van der Waals surface area contributed by atoms with Crippen molar-refractivity contribution in [3.63, 3.8) is 0 Å². The Kier molecular flexibility index (Phi) is 10.8. The topological polar surface area (TPSA) is 37.3 Å². The molecule has 0 aromatic heterocycles. The third-order valence-electron chi connectivity index (χ3n) is 2.89. The van der Waals surface area contributed by atoms with E-state index >= 15 is 0 Å². The fraction of sp³-hybridized carbons (Fsp3) is 0.929. The van der Waals surface area contributed by atoms with Gasteiger partial charge in [-0.15, -0.1) is 11.8 Å². The highest BCUT2D eigenvalue weighted by molar-refractivity contribution is 8.00. The van der Waals surface area contributed by atoms with Gasteiger partial charge in [0.25, 0.3) is 0 Å². The molecule has 0 aliphatic carbocycles. The number of thioether (sulfide) groups is 1. The summed E-state index contributed by atoms with van der Waals surface area (Å²) in [6, 6.07) is 0. The minimum Gasteiger partial charge on any atom is -0.480 e. The Morgan fingerprint density at radius 2 is 1.59 bits per heavy atom. The predicted octanol–water partition coefficient (Wildman–Crippen LogP) is 4.58. The Morgan fingerprint density at radius 1 is 1.06 bits per heavy atom. The summed E-state index contributed by atoms with van der Waals surface area (Å²) in [7, 11) is 0. The van der Waals surface area contributed by atoms with Gasteiger partial charge >= 0.3 is 5.97 Å². The normalized spacial score (nSPS) is 12.9. The molecule has 1 N–H and O–H groups in total. The van der Waals surface area contributed by atoms with Crippen LogP contribution in [0.5, 0.6) is 0 Å². The van der Waals surface area contributed by atoms with Crippen LogP contribution in [0.25, 0.3) is 0 Å². The van der Waals surface area contributed by atoms with Crippen LogP contribution in [0.15, 0.2) is 0 Å². The SMILES string of the molecule is CCCCCCCCCSC(C(=O)O)C(C)C. The first-order chi connectivity index (χ1) is 8.09. The molecule has 0 rings (SSSR count). The van der Waals surface area contributed by atoms with Crippen LogP contribution >= 0.6 is 11.8 Å². The lowest BCUT2D eigenvalue weighted by Crippen LogP contribution is -2.22. The first-order valence-electron chi connectivity index (χ1n) is 6.94. The molecule has 0 aromatic carbocycles. The molecule has 0 heterocycles. The van der Waals surface area contributed by atoms with Gasteiger partial charge in [-0.1, -0.05) is 59.3 Å². The second kappa shape index (κ2) is 10.9. The van der Waals surface area contributed by atoms with Gasteiger partial charge in [0.1, 0.15) is 5.25 Å². The summed E-state index contributed by atoms with van der Waals surface area (Å²) in [5.41, 5.74) is 0. The number of carboxylic acid groups (broad SMARTS) is 1. The molecule has 0 aliphatic rings. The molecule has 3 heteroatoms. The fourth-order valence-electron chi connectivity index (χ4n) is 1.82. The summed E-state index contributed by atoms with van der Waals surface area (Å²) in [6.45, 7) is 6.20. The van der Waals surface area contributed by atoms with E-state index in [9.17, 15) is 4.79 Å². The van der Waals surface area contributed by atoms with Gasteiger partial charge in [-0.2, -0.15) is 0 Å². The number of rotatable bonds is 11. The van der Waals surface area contributed by atoms with Crippen LogP contribution in [0, 0.1) is 5.92 Å². The zero-order valence-electron chi connectivity index (χ0n) is 11.6. The molecule has 0 saturated carbocycles.